The zero-order valence-electron chi connectivity index (χ0n) is 11.6. The Hall–Kier alpha value is -1.54. The first-order valence-corrected chi connectivity index (χ1v) is 7.16. The third-order valence-corrected chi connectivity index (χ3v) is 4.52. The first-order valence-electron chi connectivity index (χ1n) is 6.22. The maximum absolute atomic E-state index is 12.1. The number of carboxylic acid groups (broad SMARTS) is 1. The summed E-state index contributed by atoms with van der Waals surface area (Å²) < 4.78 is 1.72. The molecule has 0 unspecified atom stereocenters. The average molecular weight is 321 g/mol. The van der Waals surface area contributed by atoms with Crippen molar-refractivity contribution in [3.63, 3.8) is 0 Å². The zero-order chi connectivity index (χ0) is 14.6. The Morgan fingerprint density at radius 1 is 1.41 bits per heavy atom. The molecule has 1 saturated heterocycles. The molecule has 2 aliphatic heterocycles. The number of hydrogen-bond donors (Lipinski definition) is 0. The van der Waals surface area contributed by atoms with Gasteiger partial charge in [0.05, 0.1) is 28.5 Å². The molecule has 0 bridgehead atoms. The quantitative estimate of drug-likeness (QED) is 0.340. The Kier molecular flexibility index (Phi) is 3.90. The van der Waals surface area contributed by atoms with E-state index in [1.165, 1.54) is 22.1 Å². The van der Waals surface area contributed by atoms with Crippen molar-refractivity contribution >= 4 is 35.2 Å². The van der Waals surface area contributed by atoms with Gasteiger partial charge in [-0.25, -0.2) is 4.52 Å². The van der Waals surface area contributed by atoms with Crippen LogP contribution >= 0.6 is 11.8 Å². The Labute approximate surface area is 151 Å². The summed E-state index contributed by atoms with van der Waals surface area (Å²) >= 11 is 1.29. The van der Waals surface area contributed by atoms with Crippen LogP contribution in [0.15, 0.2) is 47.1 Å². The summed E-state index contributed by atoms with van der Waals surface area (Å²) in [6.45, 7) is 0. The fraction of sp³-hybridized carbons (Fsp3) is 0.0714. The van der Waals surface area contributed by atoms with Crippen LogP contribution < -0.4 is 34.7 Å². The van der Waals surface area contributed by atoms with Crippen molar-refractivity contribution in [2.75, 3.05) is 0 Å². The number of carbonyl (C=O) groups is 2. The van der Waals surface area contributed by atoms with Gasteiger partial charge >= 0.3 is 29.6 Å². The number of β-lactam (4-membered cyclic amide) rings is 1. The molecule has 8 heteroatoms. The summed E-state index contributed by atoms with van der Waals surface area (Å²) in [6, 6.07) is 7.57. The molecule has 1 fully saturated rings. The maximum atomic E-state index is 12.1. The van der Waals surface area contributed by atoms with Crippen molar-refractivity contribution in [2.45, 2.75) is 5.37 Å². The number of carbonyl (C=O) groups excluding carboxylic acids is 2. The van der Waals surface area contributed by atoms with Crippen LogP contribution in [0.4, 0.5) is 0 Å². The minimum absolute atomic E-state index is 0. The number of hydrogen-bond acceptors (Lipinski definition) is 5. The van der Waals surface area contributed by atoms with E-state index in [1.807, 2.05) is 30.5 Å². The van der Waals surface area contributed by atoms with E-state index in [0.717, 1.165) is 5.52 Å². The molecule has 0 N–H and O–H groups in total. The van der Waals surface area contributed by atoms with Crippen LogP contribution in [0.2, 0.25) is 0 Å². The van der Waals surface area contributed by atoms with Crippen LogP contribution in [0.3, 0.4) is 0 Å². The third kappa shape index (κ3) is 2.21. The molecule has 2 aromatic rings. The summed E-state index contributed by atoms with van der Waals surface area (Å²) in [5, 5.41) is 16.4. The Balaban J connectivity index is 0.00000144. The van der Waals surface area contributed by atoms with Gasteiger partial charge in [-0.05, 0) is 29.7 Å². The SMILES string of the molecule is O=C([O-])C1=CS[C@@H]2/C(=C/c3cc4ccccn4n3)C(=O)N12.[Na+]. The summed E-state index contributed by atoms with van der Waals surface area (Å²) in [7, 11) is 0. The summed E-state index contributed by atoms with van der Waals surface area (Å²) in [4.78, 5) is 24.2. The molecule has 104 valence electrons. The second-order valence-corrected chi connectivity index (χ2v) is 5.65. The van der Waals surface area contributed by atoms with Gasteiger partial charge in [-0.15, -0.1) is 11.8 Å². The normalized spacial score (nSPS) is 21.4. The van der Waals surface area contributed by atoms with Crippen LogP contribution in [0.1, 0.15) is 5.69 Å². The van der Waals surface area contributed by atoms with Gasteiger partial charge in [0.1, 0.15) is 5.37 Å². The van der Waals surface area contributed by atoms with Crippen LogP contribution in [-0.2, 0) is 9.59 Å². The number of carboxylic acids is 1. The molecule has 1 atom stereocenters. The van der Waals surface area contributed by atoms with E-state index >= 15 is 0 Å². The van der Waals surface area contributed by atoms with E-state index in [1.54, 1.807) is 10.6 Å². The molecule has 4 rings (SSSR count). The van der Waals surface area contributed by atoms with Crippen LogP contribution in [0, 0.1) is 0 Å². The number of aliphatic carboxylic acids is 1. The Morgan fingerprint density at radius 3 is 2.95 bits per heavy atom. The molecule has 0 spiro atoms. The topological polar surface area (TPSA) is 77.7 Å². The summed E-state index contributed by atoms with van der Waals surface area (Å²) in [5.74, 6) is -1.64. The molecular formula is C14H8N3NaO3S. The average Bonchev–Trinajstić information content (AvgIpc) is 3.05. The van der Waals surface area contributed by atoms with E-state index in [2.05, 4.69) is 5.10 Å². The van der Waals surface area contributed by atoms with Gasteiger partial charge in [0.15, 0.2) is 0 Å². The number of fused-ring (bicyclic) bond motifs is 2. The second-order valence-electron chi connectivity index (χ2n) is 4.69. The molecule has 0 saturated carbocycles. The van der Waals surface area contributed by atoms with E-state index in [-0.39, 0.29) is 46.5 Å². The van der Waals surface area contributed by atoms with Crippen molar-refractivity contribution < 1.29 is 44.3 Å². The monoisotopic (exact) mass is 321 g/mol. The zero-order valence-corrected chi connectivity index (χ0v) is 14.4. The number of amides is 1. The predicted molar refractivity (Wildman–Crippen MR) is 74.5 cm³/mol. The van der Waals surface area contributed by atoms with Crippen molar-refractivity contribution in [3.05, 3.63) is 52.8 Å². The third-order valence-electron chi connectivity index (χ3n) is 3.44. The van der Waals surface area contributed by atoms with Crippen LogP contribution in [0.5, 0.6) is 0 Å². The van der Waals surface area contributed by atoms with E-state index in [9.17, 15) is 14.7 Å². The van der Waals surface area contributed by atoms with E-state index in [4.69, 9.17) is 0 Å². The summed E-state index contributed by atoms with van der Waals surface area (Å²) in [5.41, 5.74) is 2.09. The molecule has 0 radical (unpaired) electrons. The van der Waals surface area contributed by atoms with Crippen LogP contribution in [-0.4, -0.2) is 31.8 Å². The van der Waals surface area contributed by atoms with E-state index in [0.29, 0.717) is 11.3 Å². The smallest absolute Gasteiger partial charge is 0.543 e. The number of nitrogens with zero attached hydrogens (tertiary/aromatic N) is 3. The van der Waals surface area contributed by atoms with Crippen molar-refractivity contribution in [2.24, 2.45) is 0 Å². The van der Waals surface area contributed by atoms with Gasteiger partial charge in [-0.2, -0.15) is 5.10 Å². The van der Waals surface area contributed by atoms with Crippen LogP contribution in [0.25, 0.3) is 11.6 Å². The fourth-order valence-electron chi connectivity index (χ4n) is 2.45. The predicted octanol–water partition coefficient (Wildman–Crippen LogP) is -2.77. The Bertz CT molecular complexity index is 825. The first kappa shape index (κ1) is 15.4. The van der Waals surface area contributed by atoms with Gasteiger partial charge in [-0.3, -0.25) is 9.69 Å². The minimum atomic E-state index is -1.33. The number of thioether (sulfide) groups is 1. The largest absolute Gasteiger partial charge is 1.00 e. The number of pyridine rings is 1. The van der Waals surface area contributed by atoms with Gasteiger partial charge < -0.3 is 9.90 Å². The standard InChI is InChI=1S/C14H9N3O3S.Na/c18-12-10(13-17(12)11(7-21-13)14(19)20)6-8-5-9-3-1-2-4-16(9)15-8;/h1-7,13H,(H,19,20);/q;+1/p-1/b10-6+;/t13-;/m1./s1. The molecule has 4 heterocycles. The molecule has 2 aromatic heterocycles. The molecule has 2 aliphatic rings. The van der Waals surface area contributed by atoms with Gasteiger partial charge in [-0.1, -0.05) is 6.07 Å². The summed E-state index contributed by atoms with van der Waals surface area (Å²) in [6.07, 6.45) is 3.53. The molecular weight excluding hydrogens is 313 g/mol. The van der Waals surface area contributed by atoms with Gasteiger partial charge in [0.25, 0.3) is 5.91 Å². The number of aromatic nitrogens is 2. The maximum Gasteiger partial charge on any atom is 1.00 e. The molecule has 22 heavy (non-hydrogen) atoms. The molecule has 0 aromatic carbocycles. The van der Waals surface area contributed by atoms with E-state index < -0.39 is 5.97 Å². The van der Waals surface area contributed by atoms with Crippen molar-refractivity contribution in [3.8, 4) is 0 Å². The first-order chi connectivity index (χ1) is 10.1. The Morgan fingerprint density at radius 2 is 2.23 bits per heavy atom. The molecule has 6 nitrogen and oxygen atoms in total. The number of rotatable bonds is 2. The second kappa shape index (κ2) is 5.58. The fourth-order valence-corrected chi connectivity index (χ4v) is 3.56. The van der Waals surface area contributed by atoms with Crippen molar-refractivity contribution in [1.82, 2.24) is 14.5 Å². The van der Waals surface area contributed by atoms with Gasteiger partial charge in [0.2, 0.25) is 0 Å². The molecule has 0 aliphatic carbocycles. The molecule has 1 amide bonds. The van der Waals surface area contributed by atoms with Crippen molar-refractivity contribution in [1.29, 1.82) is 0 Å². The minimum Gasteiger partial charge on any atom is -0.543 e. The van der Waals surface area contributed by atoms with Gasteiger partial charge in [0, 0.05) is 6.20 Å².